The predicted molar refractivity (Wildman–Crippen MR) is 68.3 cm³/mol. The van der Waals surface area contributed by atoms with Crippen LogP contribution in [0.3, 0.4) is 0 Å². The number of nitrogens with zero attached hydrogens (tertiary/aromatic N) is 1. The second-order valence-electron chi connectivity index (χ2n) is 4.14. The van der Waals surface area contributed by atoms with E-state index in [1.54, 1.807) is 12.1 Å². The van der Waals surface area contributed by atoms with E-state index in [1.165, 1.54) is 12.1 Å². The van der Waals surface area contributed by atoms with Gasteiger partial charge in [0.1, 0.15) is 5.75 Å². The minimum absolute atomic E-state index is 0.159. The molecule has 6 heteroatoms. The molecular formula is C14H12F2N2O2. The van der Waals surface area contributed by atoms with Crippen molar-refractivity contribution in [2.75, 3.05) is 6.54 Å². The zero-order chi connectivity index (χ0) is 14.5. The van der Waals surface area contributed by atoms with Crippen molar-refractivity contribution in [3.05, 3.63) is 59.4 Å². The Bertz CT molecular complexity index is 615. The minimum atomic E-state index is -1.30. The Morgan fingerprint density at radius 3 is 2.60 bits per heavy atom. The number of carbonyl (C=O) groups excluding carboxylic acids is 1. The number of aromatic hydroxyl groups is 1. The van der Waals surface area contributed by atoms with Crippen LogP contribution in [-0.2, 0) is 6.42 Å². The summed E-state index contributed by atoms with van der Waals surface area (Å²) in [5.41, 5.74) is 0.535. The van der Waals surface area contributed by atoms with Gasteiger partial charge in [-0.15, -0.1) is 0 Å². The summed E-state index contributed by atoms with van der Waals surface area (Å²) >= 11 is 0. The second kappa shape index (κ2) is 6.10. The number of rotatable bonds is 4. The normalized spacial score (nSPS) is 10.3. The molecule has 2 rings (SSSR count). The standard InChI is InChI=1S/C14H12F2N2O2/c15-12-11(6-8-17-13(12)16)14(20)18-7-5-9-1-3-10(19)4-2-9/h1-4,6,8,19H,5,7H2,(H,18,20). The molecule has 1 amide bonds. The van der Waals surface area contributed by atoms with Gasteiger partial charge in [0.25, 0.3) is 5.91 Å². The Kier molecular flexibility index (Phi) is 4.24. The number of phenolic OH excluding ortho intramolecular Hbond substituents is 1. The molecule has 0 fully saturated rings. The zero-order valence-corrected chi connectivity index (χ0v) is 10.4. The smallest absolute Gasteiger partial charge is 0.254 e. The summed E-state index contributed by atoms with van der Waals surface area (Å²) in [6.45, 7) is 0.271. The van der Waals surface area contributed by atoms with Crippen molar-refractivity contribution in [2.24, 2.45) is 0 Å². The van der Waals surface area contributed by atoms with Gasteiger partial charge in [-0.1, -0.05) is 12.1 Å². The summed E-state index contributed by atoms with van der Waals surface area (Å²) < 4.78 is 26.2. The number of hydrogen-bond acceptors (Lipinski definition) is 3. The molecule has 1 aromatic heterocycles. The van der Waals surface area contributed by atoms with E-state index in [0.29, 0.717) is 6.42 Å². The number of benzene rings is 1. The molecule has 0 radical (unpaired) electrons. The number of amides is 1. The molecule has 0 aliphatic heterocycles. The van der Waals surface area contributed by atoms with Gasteiger partial charge in [0.05, 0.1) is 5.56 Å². The molecule has 1 heterocycles. The minimum Gasteiger partial charge on any atom is -0.508 e. The van der Waals surface area contributed by atoms with Gasteiger partial charge in [-0.25, -0.2) is 9.37 Å². The lowest BCUT2D eigenvalue weighted by atomic mass is 10.1. The molecule has 1 aromatic carbocycles. The molecule has 0 spiro atoms. The lowest BCUT2D eigenvalue weighted by molar-refractivity contribution is 0.0948. The van der Waals surface area contributed by atoms with Gasteiger partial charge in [0, 0.05) is 12.7 Å². The Hall–Kier alpha value is -2.50. The van der Waals surface area contributed by atoms with Gasteiger partial charge >= 0.3 is 0 Å². The van der Waals surface area contributed by atoms with Crippen molar-refractivity contribution in [2.45, 2.75) is 6.42 Å². The first-order valence-corrected chi connectivity index (χ1v) is 5.94. The van der Waals surface area contributed by atoms with Gasteiger partial charge in [0.15, 0.2) is 5.82 Å². The number of hydrogen-bond donors (Lipinski definition) is 2. The number of pyridine rings is 1. The van der Waals surface area contributed by atoms with E-state index in [2.05, 4.69) is 10.3 Å². The van der Waals surface area contributed by atoms with Gasteiger partial charge in [0.2, 0.25) is 5.95 Å². The lowest BCUT2D eigenvalue weighted by Crippen LogP contribution is -2.27. The summed E-state index contributed by atoms with van der Waals surface area (Å²) in [5, 5.41) is 11.6. The number of aromatic nitrogens is 1. The first-order valence-electron chi connectivity index (χ1n) is 5.94. The van der Waals surface area contributed by atoms with Crippen LogP contribution in [0.15, 0.2) is 36.5 Å². The average Bonchev–Trinajstić information content (AvgIpc) is 2.44. The highest BCUT2D eigenvalue weighted by atomic mass is 19.2. The highest BCUT2D eigenvalue weighted by molar-refractivity contribution is 5.94. The van der Waals surface area contributed by atoms with E-state index >= 15 is 0 Å². The van der Waals surface area contributed by atoms with Gasteiger partial charge < -0.3 is 10.4 Å². The maximum Gasteiger partial charge on any atom is 0.254 e. The number of nitrogens with one attached hydrogen (secondary N) is 1. The molecule has 0 saturated carbocycles. The van der Waals surface area contributed by atoms with Gasteiger partial charge in [-0.3, -0.25) is 4.79 Å². The quantitative estimate of drug-likeness (QED) is 0.841. The molecule has 0 aliphatic rings. The molecule has 2 aromatic rings. The molecular weight excluding hydrogens is 266 g/mol. The largest absolute Gasteiger partial charge is 0.508 e. The molecule has 0 saturated heterocycles. The van der Waals surface area contributed by atoms with Crippen molar-refractivity contribution in [1.82, 2.24) is 10.3 Å². The molecule has 0 unspecified atom stereocenters. The third-order valence-electron chi connectivity index (χ3n) is 2.73. The number of phenols is 1. The fourth-order valence-corrected chi connectivity index (χ4v) is 1.67. The molecule has 20 heavy (non-hydrogen) atoms. The van der Waals surface area contributed by atoms with Crippen LogP contribution in [0.4, 0.5) is 8.78 Å². The first-order chi connectivity index (χ1) is 9.58. The van der Waals surface area contributed by atoms with Crippen molar-refractivity contribution in [1.29, 1.82) is 0 Å². The number of halogens is 2. The van der Waals surface area contributed by atoms with Crippen molar-refractivity contribution in [3.63, 3.8) is 0 Å². The fraction of sp³-hybridized carbons (Fsp3) is 0.143. The summed E-state index contributed by atoms with van der Waals surface area (Å²) in [7, 11) is 0. The maximum atomic E-state index is 13.3. The summed E-state index contributed by atoms with van der Waals surface area (Å²) in [4.78, 5) is 14.8. The topological polar surface area (TPSA) is 62.2 Å². The van der Waals surface area contributed by atoms with Gasteiger partial charge in [-0.2, -0.15) is 4.39 Å². The Morgan fingerprint density at radius 1 is 1.20 bits per heavy atom. The molecule has 104 valence electrons. The Labute approximate surface area is 114 Å². The lowest BCUT2D eigenvalue weighted by Gasteiger charge is -2.06. The average molecular weight is 278 g/mol. The van der Waals surface area contributed by atoms with Crippen LogP contribution in [-0.4, -0.2) is 22.5 Å². The molecule has 0 aliphatic carbocycles. The van der Waals surface area contributed by atoms with E-state index in [4.69, 9.17) is 5.11 Å². The van der Waals surface area contributed by atoms with Crippen LogP contribution in [0.25, 0.3) is 0 Å². The van der Waals surface area contributed by atoms with Gasteiger partial charge in [-0.05, 0) is 30.2 Å². The highest BCUT2D eigenvalue weighted by Gasteiger charge is 2.15. The van der Waals surface area contributed by atoms with Crippen LogP contribution >= 0.6 is 0 Å². The van der Waals surface area contributed by atoms with E-state index < -0.39 is 17.7 Å². The van der Waals surface area contributed by atoms with Crippen LogP contribution in [0, 0.1) is 11.8 Å². The molecule has 0 atom stereocenters. The fourth-order valence-electron chi connectivity index (χ4n) is 1.67. The van der Waals surface area contributed by atoms with Crippen LogP contribution < -0.4 is 5.32 Å². The van der Waals surface area contributed by atoms with Crippen molar-refractivity contribution >= 4 is 5.91 Å². The number of carbonyl (C=O) groups is 1. The third-order valence-corrected chi connectivity index (χ3v) is 2.73. The van der Waals surface area contributed by atoms with E-state index in [0.717, 1.165) is 17.8 Å². The molecule has 2 N–H and O–H groups in total. The highest BCUT2D eigenvalue weighted by Crippen LogP contribution is 2.10. The Balaban J connectivity index is 1.92. The van der Waals surface area contributed by atoms with E-state index in [1.807, 2.05) is 0 Å². The van der Waals surface area contributed by atoms with Crippen molar-refractivity contribution in [3.8, 4) is 5.75 Å². The zero-order valence-electron chi connectivity index (χ0n) is 10.4. The molecule has 4 nitrogen and oxygen atoms in total. The van der Waals surface area contributed by atoms with Crippen molar-refractivity contribution < 1.29 is 18.7 Å². The first kappa shape index (κ1) is 13.9. The maximum absolute atomic E-state index is 13.3. The monoisotopic (exact) mass is 278 g/mol. The summed E-state index contributed by atoms with van der Waals surface area (Å²) in [6, 6.07) is 7.63. The van der Waals surface area contributed by atoms with E-state index in [-0.39, 0.29) is 17.9 Å². The SMILES string of the molecule is O=C(NCCc1ccc(O)cc1)c1ccnc(F)c1F. The summed E-state index contributed by atoms with van der Waals surface area (Å²) in [5.74, 6) is -3.08. The predicted octanol–water partition coefficient (Wildman–Crippen LogP) is 2.04. The Morgan fingerprint density at radius 2 is 1.90 bits per heavy atom. The van der Waals surface area contributed by atoms with Crippen LogP contribution in [0.2, 0.25) is 0 Å². The summed E-state index contributed by atoms with van der Waals surface area (Å²) in [6.07, 6.45) is 1.55. The van der Waals surface area contributed by atoms with Crippen LogP contribution in [0.1, 0.15) is 15.9 Å². The second-order valence-corrected chi connectivity index (χ2v) is 4.14. The third kappa shape index (κ3) is 3.28. The molecule has 0 bridgehead atoms. The van der Waals surface area contributed by atoms with Crippen LogP contribution in [0.5, 0.6) is 5.75 Å². The van der Waals surface area contributed by atoms with E-state index in [9.17, 15) is 13.6 Å².